The van der Waals surface area contributed by atoms with E-state index in [-0.39, 0.29) is 16.4 Å². The van der Waals surface area contributed by atoms with Gasteiger partial charge in [-0.15, -0.1) is 0 Å². The molecule has 0 aliphatic heterocycles. The van der Waals surface area contributed by atoms with E-state index in [0.717, 1.165) is 22.4 Å². The number of rotatable bonds is 4. The number of amides is 1. The van der Waals surface area contributed by atoms with Crippen LogP contribution in [0.15, 0.2) is 77.2 Å². The second kappa shape index (κ2) is 8.93. The van der Waals surface area contributed by atoms with Gasteiger partial charge in [-0.05, 0) is 65.2 Å². The number of carbonyl (C=O) groups excluding carboxylic acids is 1. The second-order valence-corrected chi connectivity index (χ2v) is 9.09. The van der Waals surface area contributed by atoms with Crippen LogP contribution in [0.4, 0.5) is 5.69 Å². The lowest BCUT2D eigenvalue weighted by Crippen LogP contribution is -2.34. The van der Waals surface area contributed by atoms with Gasteiger partial charge in [0.15, 0.2) is 16.6 Å². The van der Waals surface area contributed by atoms with Crippen molar-refractivity contribution in [1.29, 1.82) is 0 Å². The van der Waals surface area contributed by atoms with Gasteiger partial charge in [0.25, 0.3) is 5.91 Å². The summed E-state index contributed by atoms with van der Waals surface area (Å²) in [6.07, 6.45) is 0.598. The Morgan fingerprint density at radius 2 is 1.66 bits per heavy atom. The second-order valence-electron chi connectivity index (χ2n) is 8.68. The minimum atomic E-state index is -0.240. The Labute approximate surface area is 192 Å². The van der Waals surface area contributed by atoms with Crippen LogP contribution in [0.5, 0.6) is 0 Å². The number of fused-ring (bicyclic) bond motifs is 1. The van der Waals surface area contributed by atoms with Crippen LogP contribution in [0, 0.1) is 0 Å². The normalized spacial score (nSPS) is 11.3. The highest BCUT2D eigenvalue weighted by Gasteiger charge is 2.15. The quantitative estimate of drug-likeness (QED) is 0.388. The Hall–Kier alpha value is -3.51. The highest BCUT2D eigenvalue weighted by Crippen LogP contribution is 2.22. The predicted octanol–water partition coefficient (Wildman–Crippen LogP) is 5.84. The molecule has 2 N–H and O–H groups in total. The van der Waals surface area contributed by atoms with Crippen LogP contribution in [0.1, 0.15) is 48.1 Å². The Kier molecular flexibility index (Phi) is 6.06. The van der Waals surface area contributed by atoms with Crippen LogP contribution in [0.2, 0.25) is 0 Å². The van der Waals surface area contributed by atoms with Gasteiger partial charge in [0.05, 0.1) is 0 Å². The molecule has 0 aliphatic rings. The number of benzene rings is 3. The van der Waals surface area contributed by atoms with E-state index in [1.807, 2.05) is 72.8 Å². The molecule has 5 nitrogen and oxygen atoms in total. The molecule has 0 fully saturated rings. The maximum atomic E-state index is 12.5. The van der Waals surface area contributed by atoms with Gasteiger partial charge < -0.3 is 9.73 Å². The summed E-state index contributed by atoms with van der Waals surface area (Å²) in [4.78, 5) is 17.0. The van der Waals surface area contributed by atoms with Crippen LogP contribution in [0.25, 0.3) is 11.1 Å². The van der Waals surface area contributed by atoms with E-state index in [1.54, 1.807) is 0 Å². The number of anilines is 1. The zero-order chi connectivity index (χ0) is 22.7. The minimum absolute atomic E-state index is 0.0402. The third kappa shape index (κ3) is 5.21. The molecule has 0 unspecified atom stereocenters. The number of carbonyl (C=O) groups is 1. The summed E-state index contributed by atoms with van der Waals surface area (Å²) in [7, 11) is 0. The maximum Gasteiger partial charge on any atom is 0.257 e. The van der Waals surface area contributed by atoms with Gasteiger partial charge in [-0.25, -0.2) is 4.98 Å². The summed E-state index contributed by atoms with van der Waals surface area (Å²) in [5, 5.41) is 6.03. The number of nitrogens with zero attached hydrogens (tertiary/aromatic N) is 1. The first-order valence-corrected chi connectivity index (χ1v) is 10.8. The lowest BCUT2D eigenvalue weighted by atomic mass is 9.87. The molecule has 0 saturated carbocycles. The molecule has 0 saturated heterocycles. The van der Waals surface area contributed by atoms with Crippen LogP contribution in [-0.4, -0.2) is 16.0 Å². The minimum Gasteiger partial charge on any atom is -0.440 e. The summed E-state index contributed by atoms with van der Waals surface area (Å²) in [6.45, 7) is 6.42. The number of hydrogen-bond acceptors (Lipinski definition) is 4. The number of nitrogens with one attached hydrogen (secondary N) is 2. The van der Waals surface area contributed by atoms with Crippen molar-refractivity contribution >= 4 is 40.0 Å². The number of aromatic nitrogens is 1. The van der Waals surface area contributed by atoms with Gasteiger partial charge >= 0.3 is 0 Å². The highest BCUT2D eigenvalue weighted by molar-refractivity contribution is 7.80. The Bertz CT molecular complexity index is 1220. The van der Waals surface area contributed by atoms with Gasteiger partial charge in [0.2, 0.25) is 0 Å². The summed E-state index contributed by atoms with van der Waals surface area (Å²) < 4.78 is 5.78. The van der Waals surface area contributed by atoms with Crippen molar-refractivity contribution in [3.63, 3.8) is 0 Å². The highest BCUT2D eigenvalue weighted by atomic mass is 32.1. The number of oxazole rings is 1. The first-order valence-electron chi connectivity index (χ1n) is 10.4. The van der Waals surface area contributed by atoms with E-state index in [0.29, 0.717) is 17.9 Å². The SMILES string of the molecule is CC(C)(C)c1ccc(C(=O)NC(=S)Nc2ccc(Cc3nc4ccccc4o3)cc2)cc1. The summed E-state index contributed by atoms with van der Waals surface area (Å²) in [5.74, 6) is 0.433. The molecule has 0 radical (unpaired) electrons. The lowest BCUT2D eigenvalue weighted by Gasteiger charge is -2.19. The van der Waals surface area contributed by atoms with Crippen molar-refractivity contribution in [2.24, 2.45) is 0 Å². The van der Waals surface area contributed by atoms with Gasteiger partial charge in [0.1, 0.15) is 5.52 Å². The maximum absolute atomic E-state index is 12.5. The van der Waals surface area contributed by atoms with Crippen molar-refractivity contribution in [2.75, 3.05) is 5.32 Å². The van der Waals surface area contributed by atoms with E-state index >= 15 is 0 Å². The monoisotopic (exact) mass is 443 g/mol. The molecule has 4 aromatic rings. The average Bonchev–Trinajstić information content (AvgIpc) is 3.17. The molecule has 32 heavy (non-hydrogen) atoms. The Morgan fingerprint density at radius 1 is 0.969 bits per heavy atom. The van der Waals surface area contributed by atoms with Gasteiger partial charge in [-0.3, -0.25) is 10.1 Å². The summed E-state index contributed by atoms with van der Waals surface area (Å²) >= 11 is 5.30. The van der Waals surface area contributed by atoms with Crippen LogP contribution < -0.4 is 10.6 Å². The van der Waals surface area contributed by atoms with Crippen LogP contribution >= 0.6 is 12.2 Å². The first kappa shape index (κ1) is 21.7. The van der Waals surface area contributed by atoms with Crippen molar-refractivity contribution < 1.29 is 9.21 Å². The van der Waals surface area contributed by atoms with Crippen molar-refractivity contribution in [1.82, 2.24) is 10.3 Å². The molecule has 1 amide bonds. The van der Waals surface area contributed by atoms with E-state index in [4.69, 9.17) is 16.6 Å². The molecule has 1 heterocycles. The fraction of sp³-hybridized carbons (Fsp3) is 0.192. The lowest BCUT2D eigenvalue weighted by molar-refractivity contribution is 0.0977. The largest absolute Gasteiger partial charge is 0.440 e. The van der Waals surface area contributed by atoms with Crippen molar-refractivity contribution in [3.8, 4) is 0 Å². The zero-order valence-corrected chi connectivity index (χ0v) is 19.1. The first-order chi connectivity index (χ1) is 15.3. The molecule has 0 bridgehead atoms. The van der Waals surface area contributed by atoms with E-state index in [1.165, 1.54) is 5.56 Å². The molecule has 6 heteroatoms. The summed E-state index contributed by atoms with van der Waals surface area (Å²) in [6, 6.07) is 23.1. The number of para-hydroxylation sites is 2. The zero-order valence-electron chi connectivity index (χ0n) is 18.3. The molecule has 0 atom stereocenters. The molecular weight excluding hydrogens is 418 g/mol. The third-order valence-corrected chi connectivity index (χ3v) is 5.35. The number of thiocarbonyl (C=S) groups is 1. The fourth-order valence-corrected chi connectivity index (χ4v) is 3.55. The molecule has 3 aromatic carbocycles. The molecule has 1 aromatic heterocycles. The van der Waals surface area contributed by atoms with E-state index in [9.17, 15) is 4.79 Å². The van der Waals surface area contributed by atoms with E-state index < -0.39 is 0 Å². The van der Waals surface area contributed by atoms with Crippen LogP contribution in [-0.2, 0) is 11.8 Å². The van der Waals surface area contributed by atoms with Gasteiger partial charge in [-0.2, -0.15) is 0 Å². The van der Waals surface area contributed by atoms with Gasteiger partial charge in [0, 0.05) is 17.7 Å². The molecule has 0 aliphatic carbocycles. The average molecular weight is 444 g/mol. The molecule has 4 rings (SSSR count). The Morgan fingerprint density at radius 3 is 2.31 bits per heavy atom. The number of hydrogen-bond donors (Lipinski definition) is 2. The van der Waals surface area contributed by atoms with Crippen molar-refractivity contribution in [3.05, 3.63) is 95.4 Å². The summed E-state index contributed by atoms with van der Waals surface area (Å²) in [5.41, 5.74) is 5.28. The van der Waals surface area contributed by atoms with Gasteiger partial charge in [-0.1, -0.05) is 57.2 Å². The molecule has 0 spiro atoms. The molecular formula is C26H25N3O2S. The fourth-order valence-electron chi connectivity index (χ4n) is 3.34. The Balaban J connectivity index is 1.33. The van der Waals surface area contributed by atoms with Crippen molar-refractivity contribution in [2.45, 2.75) is 32.6 Å². The van der Waals surface area contributed by atoms with Crippen LogP contribution in [0.3, 0.4) is 0 Å². The smallest absolute Gasteiger partial charge is 0.257 e. The standard InChI is InChI=1S/C26H25N3O2S/c1-26(2,3)19-12-10-18(11-13-19)24(30)29-25(32)27-20-14-8-17(9-15-20)16-23-28-21-6-4-5-7-22(21)31-23/h4-15H,16H2,1-3H3,(H2,27,29,30,32). The third-order valence-electron chi connectivity index (χ3n) is 5.15. The van der Waals surface area contributed by atoms with E-state index in [2.05, 4.69) is 36.4 Å². The predicted molar refractivity (Wildman–Crippen MR) is 132 cm³/mol. The topological polar surface area (TPSA) is 67.2 Å². The molecule has 162 valence electrons.